The fourth-order valence-electron chi connectivity index (χ4n) is 2.25. The molecular weight excluding hydrogens is 356 g/mol. The summed E-state index contributed by atoms with van der Waals surface area (Å²) >= 11 is 9.38. The number of aromatic amines is 2. The lowest BCUT2D eigenvalue weighted by atomic mass is 10.0. The third-order valence-electron chi connectivity index (χ3n) is 3.15. The van der Waals surface area contributed by atoms with E-state index in [1.165, 1.54) is 0 Å². The highest BCUT2D eigenvalue weighted by Gasteiger charge is 2.15. The van der Waals surface area contributed by atoms with Gasteiger partial charge >= 0.3 is 5.69 Å². The molecule has 0 atom stereocenters. The maximum Gasteiger partial charge on any atom is 0.323 e. The van der Waals surface area contributed by atoms with Gasteiger partial charge in [0.15, 0.2) is 5.78 Å². The first kappa shape index (κ1) is 14.1. The molecule has 3 rings (SSSR count). The second-order valence-electron chi connectivity index (χ2n) is 4.80. The van der Waals surface area contributed by atoms with E-state index in [0.29, 0.717) is 31.7 Å². The highest BCUT2D eigenvalue weighted by molar-refractivity contribution is 9.10. The molecule has 21 heavy (non-hydrogen) atoms. The van der Waals surface area contributed by atoms with Crippen molar-refractivity contribution in [1.82, 2.24) is 9.97 Å². The SMILES string of the molecule is Cc1cc(Cl)cc(C(=O)c2cc3[nH]c(=O)[nH]c3cc2Br)c1. The minimum absolute atomic E-state index is 0.156. The summed E-state index contributed by atoms with van der Waals surface area (Å²) in [6, 6.07) is 8.56. The number of carbonyl (C=O) groups is 1. The van der Waals surface area contributed by atoms with Crippen molar-refractivity contribution in [2.45, 2.75) is 6.92 Å². The Labute approximate surface area is 133 Å². The van der Waals surface area contributed by atoms with E-state index in [0.717, 1.165) is 5.56 Å². The van der Waals surface area contributed by atoms with E-state index < -0.39 is 0 Å². The lowest BCUT2D eigenvalue weighted by Gasteiger charge is -2.06. The van der Waals surface area contributed by atoms with Gasteiger partial charge in [0.05, 0.1) is 11.0 Å². The van der Waals surface area contributed by atoms with Gasteiger partial charge in [-0.05, 0) is 58.7 Å². The summed E-state index contributed by atoms with van der Waals surface area (Å²) in [6.07, 6.45) is 0. The van der Waals surface area contributed by atoms with Crippen LogP contribution in [0.4, 0.5) is 0 Å². The molecule has 0 bridgehead atoms. The average Bonchev–Trinajstić information content (AvgIpc) is 2.75. The molecule has 0 radical (unpaired) electrons. The highest BCUT2D eigenvalue weighted by Crippen LogP contribution is 2.25. The van der Waals surface area contributed by atoms with Crippen molar-refractivity contribution < 1.29 is 4.79 Å². The summed E-state index contributed by atoms with van der Waals surface area (Å²) < 4.78 is 0.618. The fourth-order valence-corrected chi connectivity index (χ4v) is 3.07. The van der Waals surface area contributed by atoms with Crippen molar-refractivity contribution in [3.8, 4) is 0 Å². The molecule has 2 N–H and O–H groups in total. The summed E-state index contributed by atoms with van der Waals surface area (Å²) in [5, 5.41) is 0.519. The van der Waals surface area contributed by atoms with Crippen LogP contribution in [0.3, 0.4) is 0 Å². The molecule has 0 aliphatic carbocycles. The molecule has 1 aromatic heterocycles. The van der Waals surface area contributed by atoms with Crippen LogP contribution in [0.1, 0.15) is 21.5 Å². The molecule has 0 fully saturated rings. The predicted octanol–water partition coefficient (Wildman–Crippen LogP) is 3.81. The van der Waals surface area contributed by atoms with Gasteiger partial charge in [-0.2, -0.15) is 0 Å². The van der Waals surface area contributed by atoms with Crippen LogP contribution in [0.5, 0.6) is 0 Å². The minimum Gasteiger partial charge on any atom is -0.306 e. The maximum absolute atomic E-state index is 12.6. The van der Waals surface area contributed by atoms with Crippen molar-refractivity contribution in [1.29, 1.82) is 0 Å². The van der Waals surface area contributed by atoms with Crippen LogP contribution in [-0.2, 0) is 0 Å². The van der Waals surface area contributed by atoms with Crippen LogP contribution in [0.25, 0.3) is 11.0 Å². The second-order valence-corrected chi connectivity index (χ2v) is 6.09. The predicted molar refractivity (Wildman–Crippen MR) is 86.2 cm³/mol. The number of H-pyrrole nitrogens is 2. The zero-order valence-electron chi connectivity index (χ0n) is 11.0. The average molecular weight is 366 g/mol. The van der Waals surface area contributed by atoms with Crippen molar-refractivity contribution in [3.05, 3.63) is 67.0 Å². The second kappa shape index (κ2) is 5.16. The smallest absolute Gasteiger partial charge is 0.306 e. The Kier molecular flexibility index (Phi) is 3.47. The Morgan fingerprint density at radius 1 is 1.10 bits per heavy atom. The number of carbonyl (C=O) groups excluding carboxylic acids is 1. The number of fused-ring (bicyclic) bond motifs is 1. The van der Waals surface area contributed by atoms with Crippen LogP contribution in [0.2, 0.25) is 5.02 Å². The molecule has 2 aromatic carbocycles. The van der Waals surface area contributed by atoms with Gasteiger partial charge < -0.3 is 9.97 Å². The van der Waals surface area contributed by atoms with Gasteiger partial charge in [-0.25, -0.2) is 4.79 Å². The molecule has 0 spiro atoms. The van der Waals surface area contributed by atoms with Crippen LogP contribution in [0, 0.1) is 6.92 Å². The van der Waals surface area contributed by atoms with Crippen molar-refractivity contribution in [2.75, 3.05) is 0 Å². The van der Waals surface area contributed by atoms with Gasteiger partial charge in [0, 0.05) is 20.6 Å². The number of aromatic nitrogens is 2. The Bertz CT molecular complexity index is 907. The summed E-state index contributed by atoms with van der Waals surface area (Å²) in [4.78, 5) is 29.2. The number of nitrogens with one attached hydrogen (secondary N) is 2. The molecule has 0 aliphatic rings. The molecular formula is C15H10BrClN2O2. The van der Waals surface area contributed by atoms with Crippen molar-refractivity contribution in [2.24, 2.45) is 0 Å². The van der Waals surface area contributed by atoms with Gasteiger partial charge in [-0.15, -0.1) is 0 Å². The Balaban J connectivity index is 2.16. The van der Waals surface area contributed by atoms with E-state index in [-0.39, 0.29) is 11.5 Å². The number of imidazole rings is 1. The first-order chi connectivity index (χ1) is 9.94. The van der Waals surface area contributed by atoms with E-state index in [1.807, 2.05) is 6.92 Å². The molecule has 1 heterocycles. The minimum atomic E-state index is -0.305. The zero-order chi connectivity index (χ0) is 15.1. The number of hydrogen-bond donors (Lipinski definition) is 2. The summed E-state index contributed by atoms with van der Waals surface area (Å²) in [5.41, 5.74) is 2.83. The third kappa shape index (κ3) is 2.66. The summed E-state index contributed by atoms with van der Waals surface area (Å²) in [5.74, 6) is -0.156. The molecule has 6 heteroatoms. The molecule has 3 aromatic rings. The highest BCUT2D eigenvalue weighted by atomic mass is 79.9. The van der Waals surface area contributed by atoms with Gasteiger partial charge in [-0.1, -0.05) is 11.6 Å². The van der Waals surface area contributed by atoms with Crippen LogP contribution >= 0.6 is 27.5 Å². The quantitative estimate of drug-likeness (QED) is 0.678. The summed E-state index contributed by atoms with van der Waals surface area (Å²) in [6.45, 7) is 1.88. The zero-order valence-corrected chi connectivity index (χ0v) is 13.3. The van der Waals surface area contributed by atoms with E-state index in [9.17, 15) is 9.59 Å². The van der Waals surface area contributed by atoms with Crippen LogP contribution in [0.15, 0.2) is 39.6 Å². The first-order valence-corrected chi connectivity index (χ1v) is 7.34. The van der Waals surface area contributed by atoms with Gasteiger partial charge in [-0.3, -0.25) is 4.79 Å². The molecule has 4 nitrogen and oxygen atoms in total. The van der Waals surface area contributed by atoms with Gasteiger partial charge in [0.1, 0.15) is 0 Å². The monoisotopic (exact) mass is 364 g/mol. The van der Waals surface area contributed by atoms with E-state index in [1.54, 1.807) is 30.3 Å². The molecule has 0 saturated heterocycles. The first-order valence-electron chi connectivity index (χ1n) is 6.17. The largest absolute Gasteiger partial charge is 0.323 e. The van der Waals surface area contributed by atoms with Crippen molar-refractivity contribution >= 4 is 44.3 Å². The Morgan fingerprint density at radius 2 is 1.76 bits per heavy atom. The molecule has 0 aliphatic heterocycles. The van der Waals surface area contributed by atoms with Gasteiger partial charge in [0.25, 0.3) is 0 Å². The standard InChI is InChI=1S/C15H10BrClN2O2/c1-7-2-8(4-9(17)3-7)14(20)10-5-12-13(6-11(10)16)19-15(21)18-12/h2-6H,1H3,(H2,18,19,21). The number of ketones is 1. The fraction of sp³-hybridized carbons (Fsp3) is 0.0667. The number of benzene rings is 2. The molecule has 0 amide bonds. The maximum atomic E-state index is 12.6. The summed E-state index contributed by atoms with van der Waals surface area (Å²) in [7, 11) is 0. The number of rotatable bonds is 2. The normalized spacial score (nSPS) is 11.0. The van der Waals surface area contributed by atoms with Crippen LogP contribution < -0.4 is 5.69 Å². The lowest BCUT2D eigenvalue weighted by molar-refractivity contribution is 0.103. The van der Waals surface area contributed by atoms with Gasteiger partial charge in [0.2, 0.25) is 0 Å². The lowest BCUT2D eigenvalue weighted by Crippen LogP contribution is -2.03. The van der Waals surface area contributed by atoms with E-state index in [4.69, 9.17) is 11.6 Å². The topological polar surface area (TPSA) is 65.7 Å². The number of halogens is 2. The molecule has 0 unspecified atom stereocenters. The number of hydrogen-bond acceptors (Lipinski definition) is 2. The van der Waals surface area contributed by atoms with Crippen LogP contribution in [-0.4, -0.2) is 15.8 Å². The Hall–Kier alpha value is -1.85. The molecule has 0 saturated carbocycles. The third-order valence-corrected chi connectivity index (χ3v) is 4.03. The molecule has 106 valence electrons. The van der Waals surface area contributed by atoms with E-state index in [2.05, 4.69) is 25.9 Å². The van der Waals surface area contributed by atoms with Crippen molar-refractivity contribution in [3.63, 3.8) is 0 Å². The number of aryl methyl sites for hydroxylation is 1. The Morgan fingerprint density at radius 3 is 2.43 bits per heavy atom. The van der Waals surface area contributed by atoms with E-state index >= 15 is 0 Å².